The van der Waals surface area contributed by atoms with Crippen LogP contribution >= 0.6 is 11.3 Å². The number of aromatic nitrogens is 1. The van der Waals surface area contributed by atoms with Gasteiger partial charge in [0, 0.05) is 24.4 Å². The van der Waals surface area contributed by atoms with E-state index in [1.807, 2.05) is 0 Å². The van der Waals surface area contributed by atoms with E-state index in [2.05, 4.69) is 22.2 Å². The number of anilines is 1. The Labute approximate surface area is 100.0 Å². The highest BCUT2D eigenvalue weighted by Gasteiger charge is 2.23. The standard InChI is InChI=1S/C11H18N4S/c1-2-9-7-16-11(14-9)15-5-3-4-8(6-15)10(12)13/h7-8H,2-6H2,1H3,(H3,12,13). The Morgan fingerprint density at radius 3 is 3.19 bits per heavy atom. The van der Waals surface area contributed by atoms with Crippen LogP contribution in [0.5, 0.6) is 0 Å². The van der Waals surface area contributed by atoms with Crippen molar-refractivity contribution in [2.75, 3.05) is 18.0 Å². The lowest BCUT2D eigenvalue weighted by Crippen LogP contribution is -2.40. The van der Waals surface area contributed by atoms with Crippen molar-refractivity contribution < 1.29 is 0 Å². The van der Waals surface area contributed by atoms with Crippen LogP contribution in [0.1, 0.15) is 25.5 Å². The lowest BCUT2D eigenvalue weighted by atomic mass is 9.97. The summed E-state index contributed by atoms with van der Waals surface area (Å²) in [7, 11) is 0. The molecular weight excluding hydrogens is 220 g/mol. The Hall–Kier alpha value is -1.10. The van der Waals surface area contributed by atoms with Crippen molar-refractivity contribution in [2.24, 2.45) is 11.7 Å². The van der Waals surface area contributed by atoms with Gasteiger partial charge in [-0.25, -0.2) is 4.98 Å². The number of aryl methyl sites for hydroxylation is 1. The van der Waals surface area contributed by atoms with Crippen LogP contribution in [0.4, 0.5) is 5.13 Å². The van der Waals surface area contributed by atoms with Gasteiger partial charge in [-0.3, -0.25) is 5.41 Å². The first-order chi connectivity index (χ1) is 7.70. The predicted molar refractivity (Wildman–Crippen MR) is 68.3 cm³/mol. The van der Waals surface area contributed by atoms with E-state index in [0.29, 0.717) is 5.84 Å². The minimum atomic E-state index is 0.211. The molecule has 0 aliphatic carbocycles. The maximum Gasteiger partial charge on any atom is 0.185 e. The summed E-state index contributed by atoms with van der Waals surface area (Å²) in [4.78, 5) is 6.84. The molecule has 1 aliphatic heterocycles. The van der Waals surface area contributed by atoms with Crippen LogP contribution in [0.3, 0.4) is 0 Å². The molecule has 1 atom stereocenters. The van der Waals surface area contributed by atoms with Crippen molar-refractivity contribution in [3.63, 3.8) is 0 Å². The molecule has 0 aromatic carbocycles. The summed E-state index contributed by atoms with van der Waals surface area (Å²) in [6, 6.07) is 0. The quantitative estimate of drug-likeness (QED) is 0.624. The second kappa shape index (κ2) is 4.82. The number of piperidine rings is 1. The van der Waals surface area contributed by atoms with E-state index in [1.54, 1.807) is 11.3 Å². The first-order valence-corrected chi connectivity index (χ1v) is 6.62. The average molecular weight is 238 g/mol. The third-order valence-corrected chi connectivity index (χ3v) is 3.98. The Kier molecular flexibility index (Phi) is 3.43. The molecule has 0 saturated carbocycles. The van der Waals surface area contributed by atoms with E-state index in [1.165, 1.54) is 0 Å². The van der Waals surface area contributed by atoms with Crippen LogP contribution < -0.4 is 10.6 Å². The predicted octanol–water partition coefficient (Wildman–Crippen LogP) is 1.86. The molecule has 0 bridgehead atoms. The molecule has 1 unspecified atom stereocenters. The second-order valence-electron chi connectivity index (χ2n) is 4.22. The number of nitrogens with two attached hydrogens (primary N) is 1. The number of rotatable bonds is 3. The first-order valence-electron chi connectivity index (χ1n) is 5.74. The molecule has 1 fully saturated rings. The minimum absolute atomic E-state index is 0.211. The molecule has 1 aromatic heterocycles. The van der Waals surface area contributed by atoms with Gasteiger partial charge < -0.3 is 10.6 Å². The fourth-order valence-electron chi connectivity index (χ4n) is 2.01. The zero-order valence-electron chi connectivity index (χ0n) is 9.57. The van der Waals surface area contributed by atoms with Crippen molar-refractivity contribution in [2.45, 2.75) is 26.2 Å². The zero-order chi connectivity index (χ0) is 11.5. The number of hydrogen-bond donors (Lipinski definition) is 2. The number of amidine groups is 1. The first kappa shape index (κ1) is 11.4. The molecule has 0 spiro atoms. The highest BCUT2D eigenvalue weighted by Crippen LogP contribution is 2.26. The Morgan fingerprint density at radius 2 is 2.56 bits per heavy atom. The fourth-order valence-corrected chi connectivity index (χ4v) is 2.95. The monoisotopic (exact) mass is 238 g/mol. The molecular formula is C11H18N4S. The molecule has 1 aromatic rings. The summed E-state index contributed by atoms with van der Waals surface area (Å²) in [6.07, 6.45) is 3.13. The van der Waals surface area contributed by atoms with E-state index >= 15 is 0 Å². The number of hydrogen-bond acceptors (Lipinski definition) is 4. The Balaban J connectivity index is 2.06. The Morgan fingerprint density at radius 1 is 1.75 bits per heavy atom. The molecule has 3 N–H and O–H groups in total. The summed E-state index contributed by atoms with van der Waals surface area (Å²) in [5.74, 6) is 0.527. The maximum absolute atomic E-state index is 7.52. The molecule has 1 saturated heterocycles. The topological polar surface area (TPSA) is 66.0 Å². The Bertz CT molecular complexity index is 374. The normalized spacial score (nSPS) is 21.1. The molecule has 2 heterocycles. The summed E-state index contributed by atoms with van der Waals surface area (Å²) in [5, 5.41) is 10.7. The SMILES string of the molecule is CCc1csc(N2CCCC(C(=N)N)C2)n1. The summed E-state index contributed by atoms with van der Waals surface area (Å²) in [5.41, 5.74) is 6.74. The summed E-state index contributed by atoms with van der Waals surface area (Å²) >= 11 is 1.70. The fraction of sp³-hybridized carbons (Fsp3) is 0.636. The summed E-state index contributed by atoms with van der Waals surface area (Å²) in [6.45, 7) is 4.01. The van der Waals surface area contributed by atoms with Crippen molar-refractivity contribution in [3.05, 3.63) is 11.1 Å². The van der Waals surface area contributed by atoms with Crippen molar-refractivity contribution in [1.82, 2.24) is 4.98 Å². The summed E-state index contributed by atoms with van der Waals surface area (Å²) < 4.78 is 0. The van der Waals surface area contributed by atoms with Crippen LogP contribution in [-0.4, -0.2) is 23.9 Å². The van der Waals surface area contributed by atoms with Gasteiger partial charge in [0.05, 0.1) is 11.5 Å². The van der Waals surface area contributed by atoms with Crippen LogP contribution in [0.25, 0.3) is 0 Å². The average Bonchev–Trinajstić information content (AvgIpc) is 2.77. The molecule has 2 rings (SSSR count). The molecule has 5 heteroatoms. The third kappa shape index (κ3) is 2.35. The third-order valence-electron chi connectivity index (χ3n) is 3.03. The molecule has 1 aliphatic rings. The molecule has 0 radical (unpaired) electrons. The number of nitrogens with one attached hydrogen (secondary N) is 1. The van der Waals surface area contributed by atoms with Crippen molar-refractivity contribution >= 4 is 22.3 Å². The highest BCUT2D eigenvalue weighted by molar-refractivity contribution is 7.13. The maximum atomic E-state index is 7.52. The van der Waals surface area contributed by atoms with Crippen LogP contribution in [-0.2, 0) is 6.42 Å². The second-order valence-corrected chi connectivity index (χ2v) is 5.05. The van der Waals surface area contributed by atoms with Gasteiger partial charge in [0.1, 0.15) is 0 Å². The number of nitrogens with zero attached hydrogens (tertiary/aromatic N) is 2. The molecule has 0 amide bonds. The van der Waals surface area contributed by atoms with Gasteiger partial charge >= 0.3 is 0 Å². The van der Waals surface area contributed by atoms with E-state index in [0.717, 1.165) is 43.2 Å². The minimum Gasteiger partial charge on any atom is -0.387 e. The lowest BCUT2D eigenvalue weighted by molar-refractivity contribution is 0.502. The largest absolute Gasteiger partial charge is 0.387 e. The zero-order valence-corrected chi connectivity index (χ0v) is 10.4. The van der Waals surface area contributed by atoms with E-state index in [9.17, 15) is 0 Å². The van der Waals surface area contributed by atoms with Gasteiger partial charge in [0.25, 0.3) is 0 Å². The van der Waals surface area contributed by atoms with Gasteiger partial charge in [-0.05, 0) is 19.3 Å². The van der Waals surface area contributed by atoms with Crippen LogP contribution in [0.15, 0.2) is 5.38 Å². The lowest BCUT2D eigenvalue weighted by Gasteiger charge is -2.31. The van der Waals surface area contributed by atoms with Gasteiger partial charge in [-0.1, -0.05) is 6.92 Å². The van der Waals surface area contributed by atoms with Crippen LogP contribution in [0.2, 0.25) is 0 Å². The molecule has 88 valence electrons. The molecule has 16 heavy (non-hydrogen) atoms. The highest BCUT2D eigenvalue weighted by atomic mass is 32.1. The van der Waals surface area contributed by atoms with Gasteiger partial charge in [0.2, 0.25) is 0 Å². The smallest absolute Gasteiger partial charge is 0.185 e. The van der Waals surface area contributed by atoms with Crippen molar-refractivity contribution in [3.8, 4) is 0 Å². The van der Waals surface area contributed by atoms with Crippen molar-refractivity contribution in [1.29, 1.82) is 5.41 Å². The molecule has 4 nitrogen and oxygen atoms in total. The van der Waals surface area contributed by atoms with Gasteiger partial charge in [-0.15, -0.1) is 11.3 Å². The van der Waals surface area contributed by atoms with Gasteiger partial charge in [-0.2, -0.15) is 0 Å². The van der Waals surface area contributed by atoms with Gasteiger partial charge in [0.15, 0.2) is 5.13 Å². The van der Waals surface area contributed by atoms with E-state index < -0.39 is 0 Å². The number of thiazole rings is 1. The van der Waals surface area contributed by atoms with Crippen LogP contribution in [0, 0.1) is 11.3 Å². The van der Waals surface area contributed by atoms with E-state index in [4.69, 9.17) is 11.1 Å². The van der Waals surface area contributed by atoms with E-state index in [-0.39, 0.29) is 5.92 Å².